The van der Waals surface area contributed by atoms with Crippen molar-refractivity contribution in [3.05, 3.63) is 148 Å². The van der Waals surface area contributed by atoms with E-state index in [9.17, 15) is 15.8 Å². The molecule has 0 atom stereocenters. The minimum absolute atomic E-state index is 0.000622. The molecule has 6 aromatic carbocycles. The zero-order valence-electron chi connectivity index (χ0n) is 31.5. The molecule has 0 radical (unpaired) electrons. The summed E-state index contributed by atoms with van der Waals surface area (Å²) in [4.78, 5) is 34.4. The van der Waals surface area contributed by atoms with Crippen LogP contribution in [0.4, 0.5) is 17.5 Å². The van der Waals surface area contributed by atoms with Gasteiger partial charge in [0.15, 0.2) is 17.1 Å². The predicted molar refractivity (Wildman–Crippen MR) is 234 cm³/mol. The molecule has 62 heavy (non-hydrogen) atoms. The third-order valence-electron chi connectivity index (χ3n) is 11.5. The monoisotopic (exact) mass is 788 g/mol. The largest absolute Gasteiger partial charge is 0.370 e. The van der Waals surface area contributed by atoms with Gasteiger partial charge in [-0.3, -0.25) is 0 Å². The Hall–Kier alpha value is -10.1. The van der Waals surface area contributed by atoms with Crippen molar-refractivity contribution in [2.45, 2.75) is 0 Å². The fraction of sp³-hybridized carbons (Fsp3) is 0. The van der Waals surface area contributed by atoms with Crippen LogP contribution < -0.4 is 0 Å². The highest BCUT2D eigenvalue weighted by atomic mass is 15.0. The van der Waals surface area contributed by atoms with Gasteiger partial charge in [0.25, 0.3) is 17.2 Å². The third kappa shape index (κ3) is 4.23. The van der Waals surface area contributed by atoms with Gasteiger partial charge in [-0.2, -0.15) is 15.8 Å². The molecule has 0 unspecified atom stereocenters. The molecule has 0 aliphatic heterocycles. The zero-order chi connectivity index (χ0) is 42.0. The Bertz CT molecular complexity index is 3960. The molecule has 14 heteroatoms. The Morgan fingerprint density at radius 3 is 1.11 bits per heavy atom. The second kappa shape index (κ2) is 12.2. The number of hydrogen-bond donors (Lipinski definition) is 0. The Morgan fingerprint density at radius 2 is 0.710 bits per heavy atom. The van der Waals surface area contributed by atoms with Gasteiger partial charge < -0.3 is 23.3 Å². The van der Waals surface area contributed by atoms with Crippen molar-refractivity contribution in [3.8, 4) is 18.2 Å². The first-order valence-electron chi connectivity index (χ1n) is 18.8. The van der Waals surface area contributed by atoms with E-state index in [1.807, 2.05) is 0 Å². The maximum Gasteiger partial charge on any atom is 0.307 e. The molecular weight excluding hydrogens is 773 g/mol. The van der Waals surface area contributed by atoms with Gasteiger partial charge in [-0.15, -0.1) is 15.0 Å². The van der Waals surface area contributed by atoms with Crippen LogP contribution in [-0.2, 0) is 0 Å². The average Bonchev–Trinajstić information content (AvgIpc) is 4.06. The van der Waals surface area contributed by atoms with Gasteiger partial charge in [0.2, 0.25) is 11.0 Å². The quantitative estimate of drug-likeness (QED) is 0.107. The van der Waals surface area contributed by atoms with Crippen molar-refractivity contribution < 1.29 is 0 Å². The van der Waals surface area contributed by atoms with Crippen LogP contribution in [0.15, 0.2) is 97.1 Å². The van der Waals surface area contributed by atoms with Gasteiger partial charge in [0.1, 0.15) is 34.8 Å². The smallest absolute Gasteiger partial charge is 0.307 e. The standard InChI is InChI=1S/C30H16N2.C18N12/c1-3-13-25-17(7-1)19-9-5-11-21-23-16-28-24(15-27(23)31(25)29(19)21)22-12-6-10-20-18-8-2-4-14-26(18)32(28)30(20)22;1-22-16-9(6-21)27-12-10-11(26-8(5-20)7(4-19)25-10)14-15(13(12)28-16)30-18(24-3)17(23-2)29-14/h1-16H;. The molecule has 0 amide bonds. The second-order valence-electron chi connectivity index (χ2n) is 14.4. The summed E-state index contributed by atoms with van der Waals surface area (Å²) in [5, 5.41) is 38.5. The molecule has 0 fully saturated rings. The number of nitriles is 3. The lowest BCUT2D eigenvalue weighted by Gasteiger charge is -2.04. The number of aromatic nitrogens is 8. The summed E-state index contributed by atoms with van der Waals surface area (Å²) in [6.07, 6.45) is 0. The van der Waals surface area contributed by atoms with E-state index in [1.54, 1.807) is 18.2 Å². The number of rotatable bonds is 0. The maximum absolute atomic E-state index is 9.30. The molecule has 0 bridgehead atoms. The Morgan fingerprint density at radius 1 is 0.371 bits per heavy atom. The van der Waals surface area contributed by atoms with Crippen LogP contribution in [0, 0.1) is 53.7 Å². The van der Waals surface area contributed by atoms with Gasteiger partial charge in [-0.05, 0) is 24.3 Å². The fourth-order valence-electron chi connectivity index (χ4n) is 9.08. The Balaban J connectivity index is 0.000000133. The van der Waals surface area contributed by atoms with Gasteiger partial charge in [0, 0.05) is 43.1 Å². The second-order valence-corrected chi connectivity index (χ2v) is 14.4. The van der Waals surface area contributed by atoms with Crippen molar-refractivity contribution in [1.82, 2.24) is 38.7 Å². The summed E-state index contributed by atoms with van der Waals surface area (Å²) in [6.45, 7) is 21.7. The first-order valence-corrected chi connectivity index (χ1v) is 18.8. The predicted octanol–water partition coefficient (Wildman–Crippen LogP) is 10.8. The van der Waals surface area contributed by atoms with Crippen molar-refractivity contribution >= 4 is 127 Å². The molecule has 13 aromatic rings. The van der Waals surface area contributed by atoms with Crippen molar-refractivity contribution in [3.63, 3.8) is 0 Å². The van der Waals surface area contributed by atoms with Crippen molar-refractivity contribution in [2.24, 2.45) is 0 Å². The highest BCUT2D eigenvalue weighted by Gasteiger charge is 2.28. The van der Waals surface area contributed by atoms with Crippen LogP contribution in [0.5, 0.6) is 0 Å². The highest BCUT2D eigenvalue weighted by Crippen LogP contribution is 2.44. The Kier molecular flexibility index (Phi) is 6.68. The number of fused-ring (bicyclic) bond motifs is 18. The van der Waals surface area contributed by atoms with Crippen LogP contribution >= 0.6 is 0 Å². The number of nitrogens with zero attached hydrogens (tertiary/aromatic N) is 14. The normalized spacial score (nSPS) is 11.5. The highest BCUT2D eigenvalue weighted by molar-refractivity contribution is 6.29. The van der Waals surface area contributed by atoms with Gasteiger partial charge in [-0.25, -0.2) is 15.0 Å². The molecule has 0 saturated carbocycles. The Labute approximate surface area is 346 Å². The summed E-state index contributed by atoms with van der Waals surface area (Å²) >= 11 is 0. The summed E-state index contributed by atoms with van der Waals surface area (Å²) in [5.74, 6) is -0.890. The molecule has 0 spiro atoms. The van der Waals surface area contributed by atoms with E-state index in [4.69, 9.17) is 19.7 Å². The van der Waals surface area contributed by atoms with E-state index in [2.05, 4.69) is 150 Å². The average molecular weight is 789 g/mol. The van der Waals surface area contributed by atoms with Gasteiger partial charge in [-0.1, -0.05) is 92.5 Å². The van der Waals surface area contributed by atoms with Crippen LogP contribution in [0.25, 0.3) is 124 Å². The van der Waals surface area contributed by atoms with Gasteiger partial charge >= 0.3 is 5.82 Å². The molecule has 13 rings (SSSR count). The van der Waals surface area contributed by atoms with E-state index >= 15 is 0 Å². The number of benzene rings is 6. The van der Waals surface area contributed by atoms with E-state index < -0.39 is 0 Å². The molecule has 0 saturated heterocycles. The van der Waals surface area contributed by atoms with Gasteiger partial charge in [0.05, 0.1) is 33.1 Å². The maximum atomic E-state index is 9.30. The SMILES string of the molecule is [C-]#[N+]c1nc2c(nc1C#N)c1nc(C#N)c(C#N)nc1c1nc([N+]#[C-])c([N+]#[C-])nc21.c1ccc2c(c1)c1cccc3c4cc5c(cc4n2c13)c1cccc2c3ccccc3n5c21. The van der Waals surface area contributed by atoms with Crippen molar-refractivity contribution in [1.29, 1.82) is 15.8 Å². The van der Waals surface area contributed by atoms with E-state index in [0.29, 0.717) is 0 Å². The van der Waals surface area contributed by atoms with Crippen LogP contribution in [0.3, 0.4) is 0 Å². The molecule has 278 valence electrons. The summed E-state index contributed by atoms with van der Waals surface area (Å²) in [7, 11) is 0. The molecule has 7 heterocycles. The molecular formula is C48H16N14. The van der Waals surface area contributed by atoms with E-state index in [1.165, 1.54) is 76.2 Å². The minimum atomic E-state index is -0.298. The molecule has 14 nitrogen and oxygen atoms in total. The molecule has 0 aliphatic rings. The van der Waals surface area contributed by atoms with Crippen molar-refractivity contribution in [2.75, 3.05) is 0 Å². The molecule has 7 aromatic heterocycles. The van der Waals surface area contributed by atoms with Crippen LogP contribution in [0.2, 0.25) is 0 Å². The summed E-state index contributed by atoms with van der Waals surface area (Å²) < 4.78 is 4.95. The lowest BCUT2D eigenvalue weighted by atomic mass is 10.0. The lowest BCUT2D eigenvalue weighted by Crippen LogP contribution is -2.02. The summed E-state index contributed by atoms with van der Waals surface area (Å²) in [5.41, 5.74) is 6.98. The van der Waals surface area contributed by atoms with Crippen LogP contribution in [-0.4, -0.2) is 38.7 Å². The minimum Gasteiger partial charge on any atom is -0.370 e. The molecule has 0 aliphatic carbocycles. The van der Waals surface area contributed by atoms with E-state index in [-0.39, 0.29) is 67.6 Å². The first kappa shape index (κ1) is 34.0. The molecule has 0 N–H and O–H groups in total. The van der Waals surface area contributed by atoms with Crippen LogP contribution in [0.1, 0.15) is 17.1 Å². The topological polar surface area (TPSA) is 171 Å². The number of para-hydroxylation sites is 4. The van der Waals surface area contributed by atoms with E-state index in [0.717, 1.165) is 0 Å². The lowest BCUT2D eigenvalue weighted by molar-refractivity contribution is 1.19. The number of hydrogen-bond acceptors (Lipinski definition) is 9. The first-order chi connectivity index (χ1) is 30.5. The fourth-order valence-corrected chi connectivity index (χ4v) is 9.08. The zero-order valence-corrected chi connectivity index (χ0v) is 31.5. The summed E-state index contributed by atoms with van der Waals surface area (Å²) in [6, 6.07) is 41.2. The third-order valence-corrected chi connectivity index (χ3v) is 11.5.